The molecule has 2 amide bonds. The van der Waals surface area contributed by atoms with Crippen molar-refractivity contribution < 1.29 is 4.79 Å². The minimum atomic E-state index is -0.00115. The number of nitrogens with one attached hydrogen (secondary N) is 1. The Bertz CT molecular complexity index is 605. The average molecular weight is 302 g/mol. The summed E-state index contributed by atoms with van der Waals surface area (Å²) in [6.45, 7) is 3.13. The van der Waals surface area contributed by atoms with Crippen molar-refractivity contribution in [2.45, 2.75) is 0 Å². The number of hydrogen-bond acceptors (Lipinski definition) is 4. The number of rotatable bonds is 2. The number of thiazole rings is 1. The Balaban J connectivity index is 1.67. The lowest BCUT2D eigenvalue weighted by atomic mass is 10.2. The predicted molar refractivity (Wildman–Crippen MR) is 85.8 cm³/mol. The Kier molecular flexibility index (Phi) is 4.06. The third-order valence-corrected chi connectivity index (χ3v) is 4.51. The minimum absolute atomic E-state index is 0.00115. The van der Waals surface area contributed by atoms with Gasteiger partial charge in [-0.1, -0.05) is 30.3 Å². The van der Waals surface area contributed by atoms with E-state index in [0.29, 0.717) is 0 Å². The first kappa shape index (κ1) is 13.9. The highest BCUT2D eigenvalue weighted by Gasteiger charge is 2.22. The molecule has 0 atom stereocenters. The zero-order valence-corrected chi connectivity index (χ0v) is 12.8. The van der Waals surface area contributed by atoms with Gasteiger partial charge in [-0.15, -0.1) is 11.3 Å². The van der Waals surface area contributed by atoms with Gasteiger partial charge in [0.25, 0.3) is 0 Å². The van der Waals surface area contributed by atoms with Crippen molar-refractivity contribution in [2.75, 3.05) is 38.1 Å². The van der Waals surface area contributed by atoms with Gasteiger partial charge in [-0.25, -0.2) is 9.78 Å². The Morgan fingerprint density at radius 3 is 2.57 bits per heavy atom. The fourth-order valence-corrected chi connectivity index (χ4v) is 3.30. The molecule has 0 radical (unpaired) electrons. The topological polar surface area (TPSA) is 48.5 Å². The van der Waals surface area contributed by atoms with Crippen LogP contribution in [0.1, 0.15) is 0 Å². The summed E-state index contributed by atoms with van der Waals surface area (Å²) < 4.78 is 0. The summed E-state index contributed by atoms with van der Waals surface area (Å²) >= 11 is 1.66. The quantitative estimate of drug-likeness (QED) is 0.926. The van der Waals surface area contributed by atoms with E-state index in [0.717, 1.165) is 42.6 Å². The molecule has 21 heavy (non-hydrogen) atoms. The van der Waals surface area contributed by atoms with Crippen LogP contribution in [-0.4, -0.2) is 49.1 Å². The van der Waals surface area contributed by atoms with E-state index in [1.165, 1.54) is 0 Å². The first-order valence-corrected chi connectivity index (χ1v) is 7.88. The van der Waals surface area contributed by atoms with E-state index in [1.807, 2.05) is 23.1 Å². The molecule has 1 fully saturated rings. The molecule has 2 heterocycles. The highest BCUT2D eigenvalue weighted by Crippen LogP contribution is 2.27. The summed E-state index contributed by atoms with van der Waals surface area (Å²) in [5.74, 6) is 0. The van der Waals surface area contributed by atoms with Crippen LogP contribution in [0.2, 0.25) is 0 Å². The molecule has 0 unspecified atom stereocenters. The van der Waals surface area contributed by atoms with E-state index in [9.17, 15) is 4.79 Å². The van der Waals surface area contributed by atoms with Gasteiger partial charge < -0.3 is 15.1 Å². The van der Waals surface area contributed by atoms with E-state index in [4.69, 9.17) is 4.98 Å². The third kappa shape index (κ3) is 3.00. The summed E-state index contributed by atoms with van der Waals surface area (Å²) in [7, 11) is 1.67. The molecule has 110 valence electrons. The van der Waals surface area contributed by atoms with E-state index in [1.54, 1.807) is 18.4 Å². The Morgan fingerprint density at radius 1 is 1.19 bits per heavy atom. The van der Waals surface area contributed by atoms with Gasteiger partial charge in [0.1, 0.15) is 0 Å². The molecule has 0 aliphatic carbocycles. The summed E-state index contributed by atoms with van der Waals surface area (Å²) in [5.41, 5.74) is 2.16. The number of amides is 2. The van der Waals surface area contributed by atoms with Gasteiger partial charge in [0, 0.05) is 44.2 Å². The Labute approximate surface area is 128 Å². The molecule has 1 aromatic heterocycles. The van der Waals surface area contributed by atoms with Crippen molar-refractivity contribution in [3.8, 4) is 11.3 Å². The van der Waals surface area contributed by atoms with Crippen molar-refractivity contribution >= 4 is 22.5 Å². The first-order valence-electron chi connectivity index (χ1n) is 7.00. The number of carbonyl (C=O) groups excluding carboxylic acids is 1. The maximum Gasteiger partial charge on any atom is 0.317 e. The van der Waals surface area contributed by atoms with Crippen LogP contribution >= 0.6 is 11.3 Å². The lowest BCUT2D eigenvalue weighted by molar-refractivity contribution is 0.196. The molecule has 5 nitrogen and oxygen atoms in total. The molecule has 3 rings (SSSR count). The molecule has 1 aliphatic rings. The van der Waals surface area contributed by atoms with Crippen LogP contribution in [0.4, 0.5) is 9.93 Å². The van der Waals surface area contributed by atoms with Crippen molar-refractivity contribution in [3.05, 3.63) is 35.7 Å². The zero-order valence-electron chi connectivity index (χ0n) is 12.0. The molecule has 0 saturated carbocycles. The number of benzene rings is 1. The van der Waals surface area contributed by atoms with Gasteiger partial charge in [0.2, 0.25) is 0 Å². The second-order valence-corrected chi connectivity index (χ2v) is 5.75. The number of anilines is 1. The van der Waals surface area contributed by atoms with E-state index in [2.05, 4.69) is 27.7 Å². The molecule has 1 aromatic carbocycles. The Morgan fingerprint density at radius 2 is 1.90 bits per heavy atom. The van der Waals surface area contributed by atoms with Crippen molar-refractivity contribution in [1.82, 2.24) is 15.2 Å². The van der Waals surface area contributed by atoms with E-state index >= 15 is 0 Å². The second-order valence-electron chi connectivity index (χ2n) is 4.91. The van der Waals surface area contributed by atoms with Crippen LogP contribution in [0.5, 0.6) is 0 Å². The van der Waals surface area contributed by atoms with Crippen LogP contribution in [0.15, 0.2) is 35.7 Å². The number of piperazine rings is 1. The first-order chi connectivity index (χ1) is 10.3. The largest absolute Gasteiger partial charge is 0.345 e. The summed E-state index contributed by atoms with van der Waals surface area (Å²) in [6, 6.07) is 10.2. The lowest BCUT2D eigenvalue weighted by Gasteiger charge is -2.34. The predicted octanol–water partition coefficient (Wildman–Crippen LogP) is 2.27. The molecular formula is C15H18N4OS. The molecule has 1 saturated heterocycles. The van der Waals surface area contributed by atoms with E-state index in [-0.39, 0.29) is 6.03 Å². The fraction of sp³-hybridized carbons (Fsp3) is 0.333. The fourth-order valence-electron chi connectivity index (χ4n) is 2.41. The second kappa shape index (κ2) is 6.13. The molecular weight excluding hydrogens is 284 g/mol. The number of hydrogen-bond donors (Lipinski definition) is 1. The monoisotopic (exact) mass is 302 g/mol. The number of urea groups is 1. The third-order valence-electron chi connectivity index (χ3n) is 3.61. The maximum atomic E-state index is 11.6. The van der Waals surface area contributed by atoms with Crippen molar-refractivity contribution in [3.63, 3.8) is 0 Å². The zero-order chi connectivity index (χ0) is 14.7. The van der Waals surface area contributed by atoms with Crippen LogP contribution in [0.3, 0.4) is 0 Å². The number of aromatic nitrogens is 1. The summed E-state index contributed by atoms with van der Waals surface area (Å²) in [5, 5.41) is 5.80. The molecule has 1 N–H and O–H groups in total. The van der Waals surface area contributed by atoms with Gasteiger partial charge in [-0.3, -0.25) is 0 Å². The maximum absolute atomic E-state index is 11.6. The number of carbonyl (C=O) groups is 1. The highest BCUT2D eigenvalue weighted by atomic mass is 32.1. The van der Waals surface area contributed by atoms with Gasteiger partial charge in [-0.2, -0.15) is 0 Å². The molecule has 0 spiro atoms. The molecule has 6 heteroatoms. The summed E-state index contributed by atoms with van der Waals surface area (Å²) in [4.78, 5) is 20.4. The average Bonchev–Trinajstić information content (AvgIpc) is 3.05. The van der Waals surface area contributed by atoms with Gasteiger partial charge >= 0.3 is 6.03 Å². The molecule has 2 aromatic rings. The Hall–Kier alpha value is -2.08. The van der Waals surface area contributed by atoms with Gasteiger partial charge in [-0.05, 0) is 0 Å². The van der Waals surface area contributed by atoms with Crippen LogP contribution in [0.25, 0.3) is 11.3 Å². The smallest absolute Gasteiger partial charge is 0.317 e. The van der Waals surface area contributed by atoms with Gasteiger partial charge in [0.05, 0.1) is 5.69 Å². The lowest BCUT2D eigenvalue weighted by Crippen LogP contribution is -2.51. The normalized spacial score (nSPS) is 15.1. The van der Waals surface area contributed by atoms with E-state index < -0.39 is 0 Å². The standard InChI is InChI=1S/C15H18N4OS/c1-16-14(20)18-7-9-19(10-8-18)15-17-13(11-21-15)12-5-3-2-4-6-12/h2-6,11H,7-10H2,1H3,(H,16,20). The SMILES string of the molecule is CNC(=O)N1CCN(c2nc(-c3ccccc3)cs2)CC1. The minimum Gasteiger partial charge on any atom is -0.345 e. The van der Waals surface area contributed by atoms with Crippen LogP contribution < -0.4 is 10.2 Å². The molecule has 1 aliphatic heterocycles. The summed E-state index contributed by atoms with van der Waals surface area (Å²) in [6.07, 6.45) is 0. The van der Waals surface area contributed by atoms with Gasteiger partial charge in [0.15, 0.2) is 5.13 Å². The van der Waals surface area contributed by atoms with Crippen molar-refractivity contribution in [1.29, 1.82) is 0 Å². The highest BCUT2D eigenvalue weighted by molar-refractivity contribution is 7.14. The van der Waals surface area contributed by atoms with Crippen LogP contribution in [-0.2, 0) is 0 Å². The van der Waals surface area contributed by atoms with Crippen LogP contribution in [0, 0.1) is 0 Å². The molecule has 0 bridgehead atoms. The van der Waals surface area contributed by atoms with Crippen molar-refractivity contribution in [2.24, 2.45) is 0 Å². The number of nitrogens with zero attached hydrogens (tertiary/aromatic N) is 3.